The van der Waals surface area contributed by atoms with Gasteiger partial charge in [-0.2, -0.15) is 4.98 Å². The molecule has 0 bridgehead atoms. The fourth-order valence-electron chi connectivity index (χ4n) is 3.05. The molecule has 2 heterocycles. The van der Waals surface area contributed by atoms with Crippen LogP contribution in [-0.2, 0) is 16.6 Å². The van der Waals surface area contributed by atoms with Gasteiger partial charge in [-0.25, -0.2) is 13.2 Å². The van der Waals surface area contributed by atoms with E-state index in [-0.39, 0.29) is 17.0 Å². The van der Waals surface area contributed by atoms with Crippen molar-refractivity contribution in [3.63, 3.8) is 0 Å². The van der Waals surface area contributed by atoms with Crippen LogP contribution in [0.3, 0.4) is 0 Å². The van der Waals surface area contributed by atoms with E-state index in [2.05, 4.69) is 14.9 Å². The number of nitrogens with zero attached hydrogens (tertiary/aromatic N) is 3. The van der Waals surface area contributed by atoms with Crippen LogP contribution in [0.2, 0.25) is 0 Å². The molecule has 1 N–H and O–H groups in total. The van der Waals surface area contributed by atoms with Crippen molar-refractivity contribution in [2.24, 2.45) is 0 Å². The van der Waals surface area contributed by atoms with Gasteiger partial charge in [0.25, 0.3) is 10.0 Å². The quantitative estimate of drug-likeness (QED) is 0.517. The lowest BCUT2D eigenvalue weighted by atomic mass is 10.3. The van der Waals surface area contributed by atoms with E-state index in [0.29, 0.717) is 28.8 Å². The van der Waals surface area contributed by atoms with Crippen LogP contribution in [0.15, 0.2) is 67.2 Å². The third-order valence-corrected chi connectivity index (χ3v) is 6.06. The van der Waals surface area contributed by atoms with Crippen molar-refractivity contribution in [1.82, 2.24) is 14.7 Å². The third-order valence-electron chi connectivity index (χ3n) is 4.69. The van der Waals surface area contributed by atoms with Crippen molar-refractivity contribution in [2.45, 2.75) is 30.2 Å². The zero-order chi connectivity index (χ0) is 20.0. The van der Waals surface area contributed by atoms with Crippen LogP contribution in [-0.4, -0.2) is 23.1 Å². The highest BCUT2D eigenvalue weighted by Crippen LogP contribution is 2.38. The first-order chi connectivity index (χ1) is 14.0. The molecule has 0 amide bonds. The summed E-state index contributed by atoms with van der Waals surface area (Å²) in [4.78, 5) is 16.6. The second-order valence-corrected chi connectivity index (χ2v) is 8.56. The summed E-state index contributed by atoms with van der Waals surface area (Å²) in [6.45, 7) is 0.0798. The molecule has 0 atom stereocenters. The van der Waals surface area contributed by atoms with Gasteiger partial charge in [0.1, 0.15) is 0 Å². The predicted molar refractivity (Wildman–Crippen MR) is 103 cm³/mol. The summed E-state index contributed by atoms with van der Waals surface area (Å²) in [5.74, 6) is 0.655. The molecule has 0 spiro atoms. The van der Waals surface area contributed by atoms with E-state index in [1.807, 2.05) is 0 Å². The Labute approximate surface area is 165 Å². The highest BCUT2D eigenvalue weighted by atomic mass is 32.2. The van der Waals surface area contributed by atoms with Crippen LogP contribution in [0.25, 0.3) is 11.1 Å². The van der Waals surface area contributed by atoms with Crippen LogP contribution in [0.5, 0.6) is 0 Å². The van der Waals surface area contributed by atoms with E-state index in [9.17, 15) is 13.2 Å². The van der Waals surface area contributed by atoms with Gasteiger partial charge in [-0.15, -0.1) is 0 Å². The van der Waals surface area contributed by atoms with Gasteiger partial charge in [0.2, 0.25) is 5.89 Å². The molecule has 2 aromatic carbocycles. The molecule has 0 aliphatic heterocycles. The Kier molecular flexibility index (Phi) is 4.02. The number of benzene rings is 2. The zero-order valence-electron chi connectivity index (χ0n) is 15.1. The molecule has 0 radical (unpaired) electrons. The minimum Gasteiger partial charge on any atom is -0.408 e. The summed E-state index contributed by atoms with van der Waals surface area (Å²) >= 11 is 0. The van der Waals surface area contributed by atoms with Crippen molar-refractivity contribution in [3.05, 3.63) is 70.8 Å². The molecule has 29 heavy (non-hydrogen) atoms. The molecule has 9 nitrogen and oxygen atoms in total. The van der Waals surface area contributed by atoms with E-state index in [4.69, 9.17) is 8.94 Å². The smallest absolute Gasteiger partial charge is 0.408 e. The number of rotatable bonds is 6. The van der Waals surface area contributed by atoms with Crippen LogP contribution in [0.1, 0.15) is 30.5 Å². The van der Waals surface area contributed by atoms with Gasteiger partial charge < -0.3 is 8.94 Å². The molecular formula is C19H16N4O5S. The fourth-order valence-corrected chi connectivity index (χ4v) is 4.13. The van der Waals surface area contributed by atoms with Crippen LogP contribution in [0, 0.1) is 0 Å². The lowest BCUT2D eigenvalue weighted by molar-refractivity contribution is 0.372. The molecule has 5 rings (SSSR count). The van der Waals surface area contributed by atoms with Gasteiger partial charge in [0.05, 0.1) is 17.0 Å². The first-order valence-electron chi connectivity index (χ1n) is 9.03. The molecular weight excluding hydrogens is 396 g/mol. The standard InChI is InChI=1S/C19H16N4O5S/c24-19-23(11-17-20-18(28-21-17)12-6-7-12)15-9-8-14(10-16(15)27-19)29(25,26)22-13-4-2-1-3-5-13/h1-5,8-10,12,22H,6-7,11H2. The average Bonchev–Trinajstić information content (AvgIpc) is 3.37. The van der Waals surface area contributed by atoms with Gasteiger partial charge in [-0.3, -0.25) is 9.29 Å². The van der Waals surface area contributed by atoms with E-state index < -0.39 is 15.8 Å². The second-order valence-electron chi connectivity index (χ2n) is 6.88. The third kappa shape index (κ3) is 3.42. The number of anilines is 1. The lowest BCUT2D eigenvalue weighted by Gasteiger charge is -2.07. The molecule has 0 saturated heterocycles. The topological polar surface area (TPSA) is 120 Å². The Bertz CT molecular complexity index is 1350. The van der Waals surface area contributed by atoms with E-state index in [1.54, 1.807) is 30.3 Å². The maximum Gasteiger partial charge on any atom is 0.420 e. The Morgan fingerprint density at radius 1 is 1.14 bits per heavy atom. The minimum absolute atomic E-state index is 0.00895. The highest BCUT2D eigenvalue weighted by Gasteiger charge is 2.29. The van der Waals surface area contributed by atoms with Gasteiger partial charge in [-0.1, -0.05) is 23.4 Å². The SMILES string of the molecule is O=c1oc2cc(S(=O)(=O)Nc3ccccc3)ccc2n1Cc1noc(C2CC2)n1. The van der Waals surface area contributed by atoms with Gasteiger partial charge in [-0.05, 0) is 37.1 Å². The largest absolute Gasteiger partial charge is 0.420 e. The summed E-state index contributed by atoms with van der Waals surface area (Å²) in [6, 6.07) is 12.8. The van der Waals surface area contributed by atoms with Gasteiger partial charge >= 0.3 is 5.76 Å². The summed E-state index contributed by atoms with van der Waals surface area (Å²) < 4.78 is 39.6. The normalized spacial score (nSPS) is 14.3. The van der Waals surface area contributed by atoms with Crippen LogP contribution < -0.4 is 10.5 Å². The fraction of sp³-hybridized carbons (Fsp3) is 0.211. The summed E-state index contributed by atoms with van der Waals surface area (Å²) in [5.41, 5.74) is 1.05. The number of nitrogens with one attached hydrogen (secondary N) is 1. The number of oxazole rings is 1. The number of para-hydroxylation sites is 1. The van der Waals surface area contributed by atoms with Crippen molar-refractivity contribution in [2.75, 3.05) is 4.72 Å². The van der Waals surface area contributed by atoms with Crippen molar-refractivity contribution < 1.29 is 17.4 Å². The van der Waals surface area contributed by atoms with Crippen LogP contribution in [0.4, 0.5) is 5.69 Å². The van der Waals surface area contributed by atoms with Crippen molar-refractivity contribution in [3.8, 4) is 0 Å². The minimum atomic E-state index is -3.83. The van der Waals surface area contributed by atoms with Crippen molar-refractivity contribution in [1.29, 1.82) is 0 Å². The number of fused-ring (bicyclic) bond motifs is 1. The number of hydrogen-bond acceptors (Lipinski definition) is 7. The van der Waals surface area contributed by atoms with E-state index in [1.165, 1.54) is 22.8 Å². The molecule has 1 saturated carbocycles. The lowest BCUT2D eigenvalue weighted by Crippen LogP contribution is -2.15. The van der Waals surface area contributed by atoms with Crippen molar-refractivity contribution >= 4 is 26.8 Å². The van der Waals surface area contributed by atoms with E-state index in [0.717, 1.165) is 12.8 Å². The molecule has 148 valence electrons. The molecule has 2 aromatic heterocycles. The molecule has 0 unspecified atom stereocenters. The first kappa shape index (κ1) is 17.7. The summed E-state index contributed by atoms with van der Waals surface area (Å²) in [6.07, 6.45) is 2.06. The van der Waals surface area contributed by atoms with Gasteiger partial charge in [0, 0.05) is 17.7 Å². The number of hydrogen-bond donors (Lipinski definition) is 1. The monoisotopic (exact) mass is 412 g/mol. The van der Waals surface area contributed by atoms with E-state index >= 15 is 0 Å². The maximum atomic E-state index is 12.6. The molecule has 1 aliphatic carbocycles. The summed E-state index contributed by atoms with van der Waals surface area (Å²) in [5, 5.41) is 3.91. The highest BCUT2D eigenvalue weighted by molar-refractivity contribution is 7.92. The molecule has 1 aliphatic rings. The number of aromatic nitrogens is 3. The van der Waals surface area contributed by atoms with Crippen LogP contribution >= 0.6 is 0 Å². The average molecular weight is 412 g/mol. The molecule has 10 heteroatoms. The Morgan fingerprint density at radius 3 is 2.69 bits per heavy atom. The molecule has 1 fully saturated rings. The van der Waals surface area contributed by atoms with Gasteiger partial charge in [0.15, 0.2) is 11.4 Å². The Balaban J connectivity index is 1.46. The Hall–Kier alpha value is -3.40. The Morgan fingerprint density at radius 2 is 1.93 bits per heavy atom. The number of sulfonamides is 1. The summed E-state index contributed by atoms with van der Waals surface area (Å²) in [7, 11) is -3.83. The second kappa shape index (κ2) is 6.59. The zero-order valence-corrected chi connectivity index (χ0v) is 15.9. The maximum absolute atomic E-state index is 12.6. The predicted octanol–water partition coefficient (Wildman–Crippen LogP) is 2.70. The molecule has 4 aromatic rings. The first-order valence-corrected chi connectivity index (χ1v) is 10.5.